The molecule has 1 amide bonds. The second-order valence-electron chi connectivity index (χ2n) is 7.35. The summed E-state index contributed by atoms with van der Waals surface area (Å²) >= 11 is 6.96. The molecule has 0 aliphatic rings. The summed E-state index contributed by atoms with van der Waals surface area (Å²) in [6.45, 7) is 4.18. The number of anilines is 1. The fraction of sp³-hybridized carbons (Fsp3) is 0.125. The number of rotatable bonds is 5. The van der Waals surface area contributed by atoms with Gasteiger partial charge in [0.1, 0.15) is 0 Å². The van der Waals surface area contributed by atoms with E-state index in [0.717, 1.165) is 31.4 Å². The normalized spacial score (nSPS) is 11.0. The topological polar surface area (TPSA) is 59.8 Å². The van der Waals surface area contributed by atoms with Crippen LogP contribution in [0, 0.1) is 0 Å². The van der Waals surface area contributed by atoms with Crippen LogP contribution < -0.4 is 5.32 Å². The first-order valence-corrected chi connectivity index (χ1v) is 11.4. The van der Waals surface area contributed by atoms with Crippen LogP contribution in [0.15, 0.2) is 81.7 Å². The molecule has 0 fully saturated rings. The van der Waals surface area contributed by atoms with Gasteiger partial charge in [0.2, 0.25) is 5.82 Å². The van der Waals surface area contributed by atoms with E-state index in [2.05, 4.69) is 61.1 Å². The third-order valence-electron chi connectivity index (χ3n) is 4.80. The van der Waals surface area contributed by atoms with E-state index >= 15 is 0 Å². The number of amides is 1. The minimum absolute atomic E-state index is 0.111. The molecule has 5 nitrogen and oxygen atoms in total. The molecule has 1 aromatic heterocycles. The number of nitrogens with one attached hydrogen (secondary N) is 1. The van der Waals surface area contributed by atoms with E-state index in [9.17, 15) is 4.79 Å². The Balaban J connectivity index is 1.74. The van der Waals surface area contributed by atoms with Gasteiger partial charge in [-0.1, -0.05) is 76.0 Å². The van der Waals surface area contributed by atoms with Gasteiger partial charge in [0.05, 0.1) is 5.69 Å². The SMILES string of the molecule is CC(C)c1cc(Br)ccc1NC(=O)c1nc(-c2ccccc2)n(-c2ccc(Br)cc2)n1. The van der Waals surface area contributed by atoms with Crippen LogP contribution in [0.2, 0.25) is 0 Å². The number of hydrogen-bond acceptors (Lipinski definition) is 3. The summed E-state index contributed by atoms with van der Waals surface area (Å²) in [6, 6.07) is 23.3. The van der Waals surface area contributed by atoms with Crippen molar-refractivity contribution in [3.8, 4) is 17.1 Å². The van der Waals surface area contributed by atoms with Crippen LogP contribution in [0.5, 0.6) is 0 Å². The Morgan fingerprint density at radius 3 is 2.29 bits per heavy atom. The fourth-order valence-electron chi connectivity index (χ4n) is 3.25. The lowest BCUT2D eigenvalue weighted by molar-refractivity contribution is 0.101. The summed E-state index contributed by atoms with van der Waals surface area (Å²) in [5.41, 5.74) is 3.49. The highest BCUT2D eigenvalue weighted by molar-refractivity contribution is 9.10. The Hall–Kier alpha value is -2.77. The maximum absolute atomic E-state index is 13.1. The van der Waals surface area contributed by atoms with Gasteiger partial charge in [0.15, 0.2) is 5.82 Å². The van der Waals surface area contributed by atoms with E-state index in [-0.39, 0.29) is 17.6 Å². The van der Waals surface area contributed by atoms with Crippen molar-refractivity contribution in [2.75, 3.05) is 5.32 Å². The van der Waals surface area contributed by atoms with Crippen molar-refractivity contribution in [3.05, 3.63) is 93.1 Å². The molecule has 0 saturated carbocycles. The summed E-state index contributed by atoms with van der Waals surface area (Å²) in [4.78, 5) is 17.7. The van der Waals surface area contributed by atoms with Crippen molar-refractivity contribution in [1.82, 2.24) is 14.8 Å². The van der Waals surface area contributed by atoms with Crippen LogP contribution in [0.3, 0.4) is 0 Å². The van der Waals surface area contributed by atoms with Crippen LogP contribution >= 0.6 is 31.9 Å². The van der Waals surface area contributed by atoms with Gasteiger partial charge in [-0.05, 0) is 53.9 Å². The molecule has 7 heteroatoms. The van der Waals surface area contributed by atoms with Gasteiger partial charge in [-0.2, -0.15) is 0 Å². The summed E-state index contributed by atoms with van der Waals surface area (Å²) < 4.78 is 3.63. The second-order valence-corrected chi connectivity index (χ2v) is 9.19. The molecular formula is C24H20Br2N4O. The van der Waals surface area contributed by atoms with E-state index in [1.54, 1.807) is 4.68 Å². The number of halogens is 2. The number of benzene rings is 3. The van der Waals surface area contributed by atoms with Crippen molar-refractivity contribution < 1.29 is 4.79 Å². The highest BCUT2D eigenvalue weighted by atomic mass is 79.9. The monoisotopic (exact) mass is 538 g/mol. The molecule has 4 rings (SSSR count). The molecule has 0 spiro atoms. The molecule has 31 heavy (non-hydrogen) atoms. The molecule has 1 N–H and O–H groups in total. The Morgan fingerprint density at radius 2 is 1.61 bits per heavy atom. The highest BCUT2D eigenvalue weighted by Gasteiger charge is 2.20. The predicted molar refractivity (Wildman–Crippen MR) is 131 cm³/mol. The summed E-state index contributed by atoms with van der Waals surface area (Å²) in [7, 11) is 0. The van der Waals surface area contributed by atoms with Crippen molar-refractivity contribution >= 4 is 43.5 Å². The van der Waals surface area contributed by atoms with Crippen molar-refractivity contribution in [2.24, 2.45) is 0 Å². The molecule has 1 heterocycles. The van der Waals surface area contributed by atoms with Gasteiger partial charge in [-0.15, -0.1) is 5.10 Å². The zero-order chi connectivity index (χ0) is 22.0. The van der Waals surface area contributed by atoms with E-state index in [0.29, 0.717) is 5.82 Å². The maximum atomic E-state index is 13.1. The average Bonchev–Trinajstić information content (AvgIpc) is 3.21. The van der Waals surface area contributed by atoms with Crippen LogP contribution in [-0.2, 0) is 0 Å². The molecular weight excluding hydrogens is 520 g/mol. The Kier molecular flexibility index (Phi) is 6.34. The number of aromatic nitrogens is 3. The number of hydrogen-bond donors (Lipinski definition) is 1. The molecule has 0 bridgehead atoms. The largest absolute Gasteiger partial charge is 0.319 e. The second kappa shape index (κ2) is 9.16. The Morgan fingerprint density at radius 1 is 0.935 bits per heavy atom. The fourth-order valence-corrected chi connectivity index (χ4v) is 3.89. The minimum Gasteiger partial charge on any atom is -0.319 e. The van der Waals surface area contributed by atoms with E-state index in [4.69, 9.17) is 0 Å². The molecule has 0 aliphatic heterocycles. The summed E-state index contributed by atoms with van der Waals surface area (Å²) in [6.07, 6.45) is 0. The molecule has 0 saturated heterocycles. The lowest BCUT2D eigenvalue weighted by Crippen LogP contribution is -2.16. The zero-order valence-electron chi connectivity index (χ0n) is 17.0. The third-order valence-corrected chi connectivity index (χ3v) is 5.82. The van der Waals surface area contributed by atoms with Gasteiger partial charge in [-0.3, -0.25) is 4.79 Å². The molecule has 4 aromatic rings. The predicted octanol–water partition coefficient (Wildman–Crippen LogP) is 6.84. The van der Waals surface area contributed by atoms with E-state index < -0.39 is 0 Å². The lowest BCUT2D eigenvalue weighted by Gasteiger charge is -2.13. The summed E-state index contributed by atoms with van der Waals surface area (Å²) in [5, 5.41) is 7.53. The first kappa shape index (κ1) is 21.5. The van der Waals surface area contributed by atoms with Crippen molar-refractivity contribution in [3.63, 3.8) is 0 Å². The first-order valence-electron chi connectivity index (χ1n) is 9.81. The van der Waals surface area contributed by atoms with Crippen molar-refractivity contribution in [2.45, 2.75) is 19.8 Å². The van der Waals surface area contributed by atoms with Crippen molar-refractivity contribution in [1.29, 1.82) is 0 Å². The molecule has 3 aromatic carbocycles. The molecule has 156 valence electrons. The van der Waals surface area contributed by atoms with Gasteiger partial charge >= 0.3 is 0 Å². The van der Waals surface area contributed by atoms with Crippen LogP contribution in [-0.4, -0.2) is 20.7 Å². The third kappa shape index (κ3) is 4.78. The minimum atomic E-state index is -0.350. The molecule has 0 radical (unpaired) electrons. The van der Waals surface area contributed by atoms with Gasteiger partial charge in [-0.25, -0.2) is 9.67 Å². The Bertz CT molecular complexity index is 1220. The molecule has 0 aliphatic carbocycles. The molecule has 0 atom stereocenters. The lowest BCUT2D eigenvalue weighted by atomic mass is 10.0. The quantitative estimate of drug-likeness (QED) is 0.302. The first-order chi connectivity index (χ1) is 14.9. The number of carbonyl (C=O) groups is 1. The highest BCUT2D eigenvalue weighted by Crippen LogP contribution is 2.28. The van der Waals surface area contributed by atoms with Crippen LogP contribution in [0.1, 0.15) is 35.9 Å². The van der Waals surface area contributed by atoms with Crippen LogP contribution in [0.25, 0.3) is 17.1 Å². The van der Waals surface area contributed by atoms with Gasteiger partial charge in [0.25, 0.3) is 5.91 Å². The number of nitrogens with zero attached hydrogens (tertiary/aromatic N) is 3. The summed E-state index contributed by atoms with van der Waals surface area (Å²) in [5.74, 6) is 0.616. The average molecular weight is 540 g/mol. The standard InChI is InChI=1S/C24H20Br2N4O/c1-15(2)20-14-18(26)10-13-21(20)27-24(31)22-28-23(16-6-4-3-5-7-16)30(29-22)19-11-8-17(25)9-12-19/h3-15H,1-2H3,(H,27,31). The van der Waals surface area contributed by atoms with E-state index in [1.807, 2.05) is 72.8 Å². The Labute approximate surface area is 197 Å². The van der Waals surface area contributed by atoms with E-state index in [1.165, 1.54) is 0 Å². The molecule has 0 unspecified atom stereocenters. The smallest absolute Gasteiger partial charge is 0.295 e. The van der Waals surface area contributed by atoms with Gasteiger partial charge in [0, 0.05) is 20.2 Å². The number of carbonyl (C=O) groups excluding carboxylic acids is 1. The zero-order valence-corrected chi connectivity index (χ0v) is 20.2. The van der Waals surface area contributed by atoms with Crippen LogP contribution in [0.4, 0.5) is 5.69 Å². The maximum Gasteiger partial charge on any atom is 0.295 e. The van der Waals surface area contributed by atoms with Gasteiger partial charge < -0.3 is 5.32 Å².